The van der Waals surface area contributed by atoms with Crippen molar-refractivity contribution in [3.63, 3.8) is 0 Å². The van der Waals surface area contributed by atoms with Crippen LogP contribution in [0, 0.1) is 6.92 Å². The van der Waals surface area contributed by atoms with Gasteiger partial charge in [0.1, 0.15) is 5.76 Å². The van der Waals surface area contributed by atoms with Gasteiger partial charge >= 0.3 is 5.91 Å². The molecule has 5 N–H and O–H groups in total. The van der Waals surface area contributed by atoms with E-state index in [9.17, 15) is 13.2 Å². The first-order chi connectivity index (χ1) is 10.6. The number of hydrogen-bond acceptors (Lipinski definition) is 5. The minimum Gasteiger partial charge on any atom is -0.441 e. The fourth-order valence-electron chi connectivity index (χ4n) is 1.47. The number of hydrogen-bond donors (Lipinski definition) is 3. The third kappa shape index (κ3) is 6.72. The molecule has 2 aromatic rings. The SMILES string of the molecule is CS(=O)(=O)O.Cc1oc(-c2ccccc2)nc1C(=O)N=C(N)N. The molecule has 0 aliphatic heterocycles. The Hall–Kier alpha value is -2.72. The normalized spacial score (nSPS) is 10.4. The van der Waals surface area contributed by atoms with E-state index in [2.05, 4.69) is 9.98 Å². The second kappa shape index (κ2) is 7.51. The predicted molar refractivity (Wildman–Crippen MR) is 84.3 cm³/mol. The number of aliphatic imine (C=N–C) groups is 1. The highest BCUT2D eigenvalue weighted by atomic mass is 32.2. The molecule has 23 heavy (non-hydrogen) atoms. The average molecular weight is 340 g/mol. The van der Waals surface area contributed by atoms with Crippen molar-refractivity contribution in [2.75, 3.05) is 6.26 Å². The standard InChI is InChI=1S/C12H12N4O2.CH4O3S/c1-7-9(10(17)16-12(13)14)15-11(18-7)8-5-3-2-4-6-8;1-5(2,3)4/h2-6H,1H3,(H4,13,14,16,17);1H3,(H,2,3,4). The number of oxazole rings is 1. The molecular formula is C13H16N4O5S. The largest absolute Gasteiger partial charge is 0.441 e. The van der Waals surface area contributed by atoms with E-state index in [-0.39, 0.29) is 11.7 Å². The maximum atomic E-state index is 11.7. The van der Waals surface area contributed by atoms with Gasteiger partial charge in [-0.25, -0.2) is 4.98 Å². The molecule has 0 aliphatic carbocycles. The highest BCUT2D eigenvalue weighted by Crippen LogP contribution is 2.21. The lowest BCUT2D eigenvalue weighted by Gasteiger charge is -1.92. The van der Waals surface area contributed by atoms with Crippen molar-refractivity contribution in [2.24, 2.45) is 16.5 Å². The van der Waals surface area contributed by atoms with Crippen molar-refractivity contribution in [2.45, 2.75) is 6.92 Å². The number of nitrogens with zero attached hydrogens (tertiary/aromatic N) is 2. The van der Waals surface area contributed by atoms with E-state index >= 15 is 0 Å². The second-order valence-corrected chi connectivity index (χ2v) is 5.83. The molecule has 1 aromatic heterocycles. The second-order valence-electron chi connectivity index (χ2n) is 4.36. The van der Waals surface area contributed by atoms with E-state index in [1.807, 2.05) is 30.3 Å². The molecule has 1 amide bonds. The number of carbonyl (C=O) groups is 1. The highest BCUT2D eigenvalue weighted by Gasteiger charge is 2.17. The van der Waals surface area contributed by atoms with Gasteiger partial charge in [-0.15, -0.1) is 0 Å². The van der Waals surface area contributed by atoms with E-state index in [0.717, 1.165) is 5.56 Å². The summed E-state index contributed by atoms with van der Waals surface area (Å²) in [5.74, 6) is -0.173. The summed E-state index contributed by atoms with van der Waals surface area (Å²) < 4.78 is 31.3. The monoisotopic (exact) mass is 340 g/mol. The van der Waals surface area contributed by atoms with Crippen molar-refractivity contribution in [1.82, 2.24) is 4.98 Å². The number of carbonyl (C=O) groups excluding carboxylic acids is 1. The molecule has 0 fully saturated rings. The van der Waals surface area contributed by atoms with Crippen molar-refractivity contribution < 1.29 is 22.2 Å². The third-order valence-electron chi connectivity index (χ3n) is 2.25. The molecule has 2 rings (SSSR count). The number of rotatable bonds is 2. The van der Waals surface area contributed by atoms with Crippen molar-refractivity contribution in [1.29, 1.82) is 0 Å². The van der Waals surface area contributed by atoms with Gasteiger partial charge in [0.2, 0.25) is 5.89 Å². The molecule has 1 aromatic carbocycles. The van der Waals surface area contributed by atoms with Crippen LogP contribution < -0.4 is 11.5 Å². The highest BCUT2D eigenvalue weighted by molar-refractivity contribution is 7.85. The Morgan fingerprint density at radius 1 is 1.26 bits per heavy atom. The van der Waals surface area contributed by atoms with Gasteiger partial charge in [0.25, 0.3) is 10.1 Å². The first kappa shape index (κ1) is 18.3. The Labute approximate surface area is 132 Å². The molecule has 124 valence electrons. The van der Waals surface area contributed by atoms with Crippen molar-refractivity contribution in [3.8, 4) is 11.5 Å². The van der Waals surface area contributed by atoms with Crippen LogP contribution in [-0.2, 0) is 10.1 Å². The van der Waals surface area contributed by atoms with Crippen molar-refractivity contribution >= 4 is 22.0 Å². The van der Waals surface area contributed by atoms with Gasteiger partial charge in [0.15, 0.2) is 11.7 Å². The Bertz CT molecular complexity index is 800. The lowest BCUT2D eigenvalue weighted by molar-refractivity contribution is 0.0997. The number of guanidine groups is 1. The average Bonchev–Trinajstić information content (AvgIpc) is 2.79. The Kier molecular flexibility index (Phi) is 5.99. The third-order valence-corrected chi connectivity index (χ3v) is 2.25. The predicted octanol–water partition coefficient (Wildman–Crippen LogP) is 0.568. The molecule has 0 aliphatic rings. The van der Waals surface area contributed by atoms with E-state index in [4.69, 9.17) is 20.4 Å². The topological polar surface area (TPSA) is 162 Å². The minimum atomic E-state index is -3.67. The molecule has 0 radical (unpaired) electrons. The molecule has 0 spiro atoms. The van der Waals surface area contributed by atoms with Crippen LogP contribution in [0.2, 0.25) is 0 Å². The van der Waals surface area contributed by atoms with Gasteiger partial charge in [0.05, 0.1) is 6.26 Å². The van der Waals surface area contributed by atoms with Crippen LogP contribution in [0.4, 0.5) is 0 Å². The summed E-state index contributed by atoms with van der Waals surface area (Å²) in [5, 5.41) is 0. The number of amides is 1. The molecular weight excluding hydrogens is 324 g/mol. The van der Waals surface area contributed by atoms with Crippen LogP contribution in [0.15, 0.2) is 39.7 Å². The van der Waals surface area contributed by atoms with E-state index in [1.165, 1.54) is 0 Å². The summed E-state index contributed by atoms with van der Waals surface area (Å²) in [5.41, 5.74) is 11.2. The van der Waals surface area contributed by atoms with Crippen LogP contribution in [0.25, 0.3) is 11.5 Å². The maximum absolute atomic E-state index is 11.7. The van der Waals surface area contributed by atoms with Gasteiger partial charge in [-0.1, -0.05) is 18.2 Å². The van der Waals surface area contributed by atoms with Crippen LogP contribution >= 0.6 is 0 Å². The molecule has 0 saturated carbocycles. The first-order valence-electron chi connectivity index (χ1n) is 6.17. The lowest BCUT2D eigenvalue weighted by atomic mass is 10.2. The number of aryl methyl sites for hydroxylation is 1. The van der Waals surface area contributed by atoms with Crippen molar-refractivity contribution in [3.05, 3.63) is 41.8 Å². The van der Waals surface area contributed by atoms with Gasteiger partial charge in [-0.2, -0.15) is 13.4 Å². The lowest BCUT2D eigenvalue weighted by Crippen LogP contribution is -2.24. The zero-order chi connectivity index (χ0) is 17.6. The summed E-state index contributed by atoms with van der Waals surface area (Å²) in [4.78, 5) is 19.2. The molecule has 0 atom stereocenters. The zero-order valence-corrected chi connectivity index (χ0v) is 13.2. The summed E-state index contributed by atoms with van der Waals surface area (Å²) in [6, 6.07) is 9.25. The van der Waals surface area contributed by atoms with Gasteiger partial charge in [-0.3, -0.25) is 9.35 Å². The van der Waals surface area contributed by atoms with E-state index < -0.39 is 16.0 Å². The van der Waals surface area contributed by atoms with Gasteiger partial charge < -0.3 is 15.9 Å². The van der Waals surface area contributed by atoms with Gasteiger partial charge in [0, 0.05) is 5.56 Å². The van der Waals surface area contributed by atoms with Gasteiger partial charge in [-0.05, 0) is 19.1 Å². The molecule has 0 saturated heterocycles. The van der Waals surface area contributed by atoms with Crippen LogP contribution in [-0.4, -0.2) is 36.1 Å². The Morgan fingerprint density at radius 2 is 1.78 bits per heavy atom. The fraction of sp³-hybridized carbons (Fsp3) is 0.154. The quantitative estimate of drug-likeness (QED) is 0.406. The fourth-order valence-corrected chi connectivity index (χ4v) is 1.47. The summed E-state index contributed by atoms with van der Waals surface area (Å²) in [7, 11) is -3.67. The smallest absolute Gasteiger partial charge is 0.302 e. The van der Waals surface area contributed by atoms with E-state index in [1.54, 1.807) is 6.92 Å². The van der Waals surface area contributed by atoms with Crippen LogP contribution in [0.1, 0.15) is 16.2 Å². The molecule has 0 bridgehead atoms. The zero-order valence-electron chi connectivity index (χ0n) is 12.4. The van der Waals surface area contributed by atoms with Crippen LogP contribution in [0.5, 0.6) is 0 Å². The number of benzene rings is 1. The first-order valence-corrected chi connectivity index (χ1v) is 8.02. The number of nitrogens with two attached hydrogens (primary N) is 2. The molecule has 10 heteroatoms. The minimum absolute atomic E-state index is 0.113. The number of aromatic nitrogens is 1. The molecule has 1 heterocycles. The molecule has 0 unspecified atom stereocenters. The summed E-state index contributed by atoms with van der Waals surface area (Å²) >= 11 is 0. The Morgan fingerprint density at radius 3 is 2.26 bits per heavy atom. The van der Waals surface area contributed by atoms with Crippen LogP contribution in [0.3, 0.4) is 0 Å². The molecule has 9 nitrogen and oxygen atoms in total. The summed E-state index contributed by atoms with van der Waals surface area (Å²) in [6.07, 6.45) is 0.715. The van der Waals surface area contributed by atoms with E-state index in [0.29, 0.717) is 17.9 Å². The summed E-state index contributed by atoms with van der Waals surface area (Å²) in [6.45, 7) is 1.63. The Balaban J connectivity index is 0.000000463. The maximum Gasteiger partial charge on any atom is 0.302 e.